The van der Waals surface area contributed by atoms with Gasteiger partial charge >= 0.3 is 0 Å². The highest BCUT2D eigenvalue weighted by molar-refractivity contribution is 6.09. The summed E-state index contributed by atoms with van der Waals surface area (Å²) in [5, 5.41) is 5.22. The third-order valence-electron chi connectivity index (χ3n) is 5.21. The maximum Gasteiger partial charge on any atom is 0.267 e. The molecule has 0 saturated heterocycles. The third kappa shape index (κ3) is 3.33. The van der Waals surface area contributed by atoms with Gasteiger partial charge in [-0.15, -0.1) is 0 Å². The van der Waals surface area contributed by atoms with E-state index in [0.717, 1.165) is 22.2 Å². The van der Waals surface area contributed by atoms with Crippen molar-refractivity contribution < 1.29 is 9.53 Å². The number of hydrogen-bond acceptors (Lipinski definition) is 4. The summed E-state index contributed by atoms with van der Waals surface area (Å²) in [6.45, 7) is 1.77. The molecule has 0 fully saturated rings. The van der Waals surface area contributed by atoms with Crippen LogP contribution in [0.2, 0.25) is 0 Å². The number of fused-ring (bicyclic) bond motifs is 1. The molecule has 6 heteroatoms. The molecule has 0 atom stereocenters. The summed E-state index contributed by atoms with van der Waals surface area (Å²) in [5.41, 5.74) is 3.58. The number of nitrogens with zero attached hydrogens (tertiary/aromatic N) is 3. The molecule has 4 aromatic rings. The Morgan fingerprint density at radius 2 is 1.83 bits per heavy atom. The molecule has 0 amide bonds. The lowest BCUT2D eigenvalue weighted by Crippen LogP contribution is -2.26. The van der Waals surface area contributed by atoms with Gasteiger partial charge in [-0.1, -0.05) is 30.3 Å². The molecule has 0 spiro atoms. The summed E-state index contributed by atoms with van der Waals surface area (Å²) in [6, 6.07) is 18.3. The van der Waals surface area contributed by atoms with E-state index >= 15 is 0 Å². The van der Waals surface area contributed by atoms with Crippen LogP contribution in [-0.2, 0) is 13.6 Å². The number of methoxy groups -OCH3 is 1. The minimum absolute atomic E-state index is 0.128. The van der Waals surface area contributed by atoms with Crippen molar-refractivity contribution >= 4 is 16.7 Å². The Bertz CT molecular complexity index is 1270. The second-order valence-corrected chi connectivity index (χ2v) is 6.91. The minimum Gasteiger partial charge on any atom is -0.497 e. The zero-order valence-electron chi connectivity index (χ0n) is 16.5. The highest BCUT2D eigenvalue weighted by atomic mass is 16.5. The number of rotatable bonds is 5. The molecule has 2 heterocycles. The molecular formula is C23H21N3O3. The number of Topliss-reactive ketones (excluding diaryl/α,β-unsaturated/α-hetero) is 1. The van der Waals surface area contributed by atoms with Crippen LogP contribution in [0.15, 0.2) is 65.5 Å². The molecule has 0 aliphatic carbocycles. The molecule has 2 aromatic heterocycles. The molecular weight excluding hydrogens is 366 g/mol. The fourth-order valence-electron chi connectivity index (χ4n) is 3.57. The van der Waals surface area contributed by atoms with E-state index in [1.54, 1.807) is 13.2 Å². The van der Waals surface area contributed by atoms with Gasteiger partial charge in [-0.2, -0.15) is 5.10 Å². The van der Waals surface area contributed by atoms with E-state index in [9.17, 15) is 9.59 Å². The zero-order valence-corrected chi connectivity index (χ0v) is 16.5. The Balaban J connectivity index is 1.76. The average molecular weight is 387 g/mol. The molecule has 0 aliphatic heterocycles. The first-order chi connectivity index (χ1) is 14.0. The maximum atomic E-state index is 13.2. The van der Waals surface area contributed by atoms with Crippen LogP contribution in [0.4, 0.5) is 0 Å². The summed E-state index contributed by atoms with van der Waals surface area (Å²) >= 11 is 0. The highest BCUT2D eigenvalue weighted by Crippen LogP contribution is 2.29. The van der Waals surface area contributed by atoms with Crippen LogP contribution in [0.1, 0.15) is 16.1 Å². The molecule has 146 valence electrons. The maximum absolute atomic E-state index is 13.2. The summed E-state index contributed by atoms with van der Waals surface area (Å²) in [4.78, 5) is 25.6. The first-order valence-corrected chi connectivity index (χ1v) is 9.29. The second-order valence-electron chi connectivity index (χ2n) is 6.91. The largest absolute Gasteiger partial charge is 0.497 e. The monoisotopic (exact) mass is 387 g/mol. The number of carbonyl (C=O) groups is 1. The smallest absolute Gasteiger partial charge is 0.267 e. The van der Waals surface area contributed by atoms with Crippen molar-refractivity contribution in [2.24, 2.45) is 7.05 Å². The lowest BCUT2D eigenvalue weighted by molar-refractivity contribution is 0.0966. The predicted molar refractivity (Wildman–Crippen MR) is 112 cm³/mol. The quantitative estimate of drug-likeness (QED) is 0.491. The number of aromatic nitrogens is 3. The molecule has 2 aromatic carbocycles. The van der Waals surface area contributed by atoms with Gasteiger partial charge in [-0.25, -0.2) is 4.68 Å². The van der Waals surface area contributed by atoms with Crippen molar-refractivity contribution in [2.45, 2.75) is 13.5 Å². The Labute approximate surface area is 168 Å². The van der Waals surface area contributed by atoms with Crippen LogP contribution < -0.4 is 10.3 Å². The Morgan fingerprint density at radius 1 is 1.07 bits per heavy atom. The van der Waals surface area contributed by atoms with E-state index < -0.39 is 0 Å². The molecule has 4 rings (SSSR count). The predicted octanol–water partition coefficient (Wildman–Crippen LogP) is 3.60. The van der Waals surface area contributed by atoms with E-state index in [2.05, 4.69) is 5.10 Å². The van der Waals surface area contributed by atoms with Crippen molar-refractivity contribution in [2.75, 3.05) is 7.11 Å². The van der Waals surface area contributed by atoms with Crippen molar-refractivity contribution in [3.63, 3.8) is 0 Å². The van der Waals surface area contributed by atoms with Crippen molar-refractivity contribution in [1.82, 2.24) is 14.3 Å². The number of hydrogen-bond donors (Lipinski definition) is 0. The van der Waals surface area contributed by atoms with E-state index in [0.29, 0.717) is 17.0 Å². The van der Waals surface area contributed by atoms with Crippen LogP contribution in [0.25, 0.3) is 22.2 Å². The normalized spacial score (nSPS) is 11.0. The lowest BCUT2D eigenvalue weighted by atomic mass is 10.1. The van der Waals surface area contributed by atoms with E-state index in [1.165, 1.54) is 10.7 Å². The number of aryl methyl sites for hydroxylation is 1. The number of ether oxygens (including phenoxy) is 1. The van der Waals surface area contributed by atoms with Crippen molar-refractivity contribution in [3.8, 4) is 17.0 Å². The molecule has 0 saturated carbocycles. The molecule has 0 bridgehead atoms. The standard InChI is InChI=1S/C23H21N3O3/c1-15-23(18-13-17(29-3)9-11-20(18)25(15)2)21(27)14-26-22(28)12-10-19(24-26)16-7-5-4-6-8-16/h4-13H,14H2,1-3H3. The van der Waals surface area contributed by atoms with Gasteiger partial charge in [0.05, 0.1) is 12.8 Å². The lowest BCUT2D eigenvalue weighted by Gasteiger charge is -2.07. The fraction of sp³-hybridized carbons (Fsp3) is 0.174. The van der Waals surface area contributed by atoms with Gasteiger partial charge in [-0.3, -0.25) is 9.59 Å². The van der Waals surface area contributed by atoms with E-state index in [1.807, 2.05) is 67.1 Å². The number of benzene rings is 2. The molecule has 29 heavy (non-hydrogen) atoms. The van der Waals surface area contributed by atoms with Crippen LogP contribution in [0, 0.1) is 6.92 Å². The summed E-state index contributed by atoms with van der Waals surface area (Å²) < 4.78 is 8.52. The summed E-state index contributed by atoms with van der Waals surface area (Å²) in [6.07, 6.45) is 0. The SMILES string of the molecule is COc1ccc2c(c1)c(C(=O)Cn1nc(-c3ccccc3)ccc1=O)c(C)n2C. The number of ketones is 1. The molecule has 6 nitrogen and oxygen atoms in total. The molecule has 0 unspecified atom stereocenters. The Kier molecular flexibility index (Phi) is 4.76. The zero-order chi connectivity index (χ0) is 20.5. The van der Waals surface area contributed by atoms with Crippen molar-refractivity contribution in [3.05, 3.63) is 82.3 Å². The summed E-state index contributed by atoms with van der Waals surface area (Å²) in [5.74, 6) is 0.514. The first kappa shape index (κ1) is 18.7. The van der Waals surface area contributed by atoms with Gasteiger partial charge in [-0.05, 0) is 31.2 Å². The average Bonchev–Trinajstić information content (AvgIpc) is 3.00. The van der Waals surface area contributed by atoms with Gasteiger partial charge in [0.1, 0.15) is 12.3 Å². The molecule has 0 radical (unpaired) electrons. The molecule has 0 N–H and O–H groups in total. The highest BCUT2D eigenvalue weighted by Gasteiger charge is 2.20. The second kappa shape index (κ2) is 7.39. The van der Waals surface area contributed by atoms with Crippen LogP contribution >= 0.6 is 0 Å². The number of carbonyl (C=O) groups excluding carboxylic acids is 1. The van der Waals surface area contributed by atoms with Crippen LogP contribution in [0.3, 0.4) is 0 Å². The van der Waals surface area contributed by atoms with Gasteiger partial charge in [0.2, 0.25) is 0 Å². The van der Waals surface area contributed by atoms with Crippen LogP contribution in [-0.4, -0.2) is 27.2 Å². The Hall–Kier alpha value is -3.67. The van der Waals surface area contributed by atoms with Gasteiger partial charge < -0.3 is 9.30 Å². The van der Waals surface area contributed by atoms with E-state index in [4.69, 9.17) is 4.74 Å². The molecule has 0 aliphatic rings. The fourth-order valence-corrected chi connectivity index (χ4v) is 3.57. The topological polar surface area (TPSA) is 66.1 Å². The van der Waals surface area contributed by atoms with Gasteiger partial charge in [0.15, 0.2) is 5.78 Å². The van der Waals surface area contributed by atoms with Gasteiger partial charge in [0, 0.05) is 40.8 Å². The van der Waals surface area contributed by atoms with Crippen LogP contribution in [0.5, 0.6) is 5.75 Å². The third-order valence-corrected chi connectivity index (χ3v) is 5.21. The van der Waals surface area contributed by atoms with Crippen molar-refractivity contribution in [1.29, 1.82) is 0 Å². The van der Waals surface area contributed by atoms with Gasteiger partial charge in [0.25, 0.3) is 5.56 Å². The Morgan fingerprint density at radius 3 is 2.55 bits per heavy atom. The minimum atomic E-state index is -0.312. The summed E-state index contributed by atoms with van der Waals surface area (Å²) in [7, 11) is 3.51. The van der Waals surface area contributed by atoms with E-state index in [-0.39, 0.29) is 17.9 Å². The first-order valence-electron chi connectivity index (χ1n) is 9.29.